The summed E-state index contributed by atoms with van der Waals surface area (Å²) < 4.78 is 1.05. The van der Waals surface area contributed by atoms with E-state index in [1.165, 1.54) is 24.8 Å². The minimum Gasteiger partial charge on any atom is -0.398 e. The Morgan fingerprint density at radius 1 is 1.50 bits per heavy atom. The Kier molecular flexibility index (Phi) is 3.87. The molecule has 16 heavy (non-hydrogen) atoms. The van der Waals surface area contributed by atoms with Crippen molar-refractivity contribution in [2.24, 2.45) is 5.92 Å². The number of hydrogen-bond acceptors (Lipinski definition) is 2. The van der Waals surface area contributed by atoms with E-state index in [1.807, 2.05) is 12.1 Å². The van der Waals surface area contributed by atoms with E-state index in [0.717, 1.165) is 28.7 Å². The Balaban J connectivity index is 1.82. The van der Waals surface area contributed by atoms with Crippen molar-refractivity contribution in [2.45, 2.75) is 38.8 Å². The maximum Gasteiger partial charge on any atom is 0.0370 e. The highest BCUT2D eigenvalue weighted by Gasteiger charge is 2.35. The third-order valence-corrected chi connectivity index (χ3v) is 3.74. The lowest BCUT2D eigenvalue weighted by Crippen LogP contribution is -2.18. The minimum absolute atomic E-state index is 0.725. The third-order valence-electron chi connectivity index (χ3n) is 3.24. The molecule has 2 rings (SSSR count). The van der Waals surface area contributed by atoms with Crippen molar-refractivity contribution in [3.63, 3.8) is 0 Å². The molecule has 0 heterocycles. The molecule has 1 aliphatic carbocycles. The zero-order chi connectivity index (χ0) is 11.5. The highest BCUT2D eigenvalue weighted by molar-refractivity contribution is 9.10. The Morgan fingerprint density at radius 3 is 3.00 bits per heavy atom. The summed E-state index contributed by atoms with van der Waals surface area (Å²) in [6, 6.07) is 6.82. The van der Waals surface area contributed by atoms with E-state index < -0.39 is 0 Å². The standard InChI is InChI=1S/C13H19BrN2/c1-2-3-9-6-13(9)16-8-10-4-5-11(14)7-12(10)15/h4-5,7,9,13,16H,2-3,6,8,15H2,1H3. The maximum atomic E-state index is 5.95. The molecule has 1 saturated carbocycles. The van der Waals surface area contributed by atoms with Crippen LogP contribution in [-0.2, 0) is 6.54 Å². The molecule has 0 spiro atoms. The molecule has 0 aliphatic heterocycles. The molecule has 88 valence electrons. The lowest BCUT2D eigenvalue weighted by Gasteiger charge is -2.07. The molecular weight excluding hydrogens is 264 g/mol. The average Bonchev–Trinajstić information content (AvgIpc) is 2.96. The van der Waals surface area contributed by atoms with Gasteiger partial charge >= 0.3 is 0 Å². The van der Waals surface area contributed by atoms with Gasteiger partial charge < -0.3 is 11.1 Å². The van der Waals surface area contributed by atoms with Crippen LogP contribution in [0.15, 0.2) is 22.7 Å². The number of nitrogens with one attached hydrogen (secondary N) is 1. The molecule has 0 aromatic heterocycles. The van der Waals surface area contributed by atoms with Crippen molar-refractivity contribution in [1.29, 1.82) is 0 Å². The Labute approximate surface area is 106 Å². The molecule has 0 saturated heterocycles. The van der Waals surface area contributed by atoms with E-state index in [1.54, 1.807) is 0 Å². The van der Waals surface area contributed by atoms with Gasteiger partial charge in [0.1, 0.15) is 0 Å². The molecule has 3 N–H and O–H groups in total. The van der Waals surface area contributed by atoms with E-state index >= 15 is 0 Å². The van der Waals surface area contributed by atoms with Crippen LogP contribution in [0.3, 0.4) is 0 Å². The summed E-state index contributed by atoms with van der Waals surface area (Å²) in [7, 11) is 0. The summed E-state index contributed by atoms with van der Waals surface area (Å²) in [5.74, 6) is 0.904. The normalized spacial score (nSPS) is 23.4. The van der Waals surface area contributed by atoms with Crippen LogP contribution in [0.4, 0.5) is 5.69 Å². The smallest absolute Gasteiger partial charge is 0.0370 e. The second kappa shape index (κ2) is 5.19. The van der Waals surface area contributed by atoms with Crippen LogP contribution >= 0.6 is 15.9 Å². The van der Waals surface area contributed by atoms with Crippen molar-refractivity contribution < 1.29 is 0 Å². The van der Waals surface area contributed by atoms with Gasteiger partial charge in [-0.15, -0.1) is 0 Å². The van der Waals surface area contributed by atoms with Crippen LogP contribution in [0.2, 0.25) is 0 Å². The van der Waals surface area contributed by atoms with Gasteiger partial charge in [-0.2, -0.15) is 0 Å². The number of benzene rings is 1. The molecule has 1 fully saturated rings. The quantitative estimate of drug-likeness (QED) is 0.814. The number of halogens is 1. The van der Waals surface area contributed by atoms with Crippen molar-refractivity contribution in [2.75, 3.05) is 5.73 Å². The summed E-state index contributed by atoms with van der Waals surface area (Å²) in [6.45, 7) is 3.14. The molecule has 1 aromatic rings. The van der Waals surface area contributed by atoms with Crippen LogP contribution < -0.4 is 11.1 Å². The topological polar surface area (TPSA) is 38.0 Å². The second-order valence-corrected chi connectivity index (χ2v) is 5.53. The Morgan fingerprint density at radius 2 is 2.31 bits per heavy atom. The van der Waals surface area contributed by atoms with E-state index in [0.29, 0.717) is 0 Å². The molecular formula is C13H19BrN2. The molecule has 2 atom stereocenters. The van der Waals surface area contributed by atoms with Gasteiger partial charge in [-0.1, -0.05) is 35.3 Å². The van der Waals surface area contributed by atoms with E-state index in [-0.39, 0.29) is 0 Å². The van der Waals surface area contributed by atoms with E-state index in [9.17, 15) is 0 Å². The fourth-order valence-corrected chi connectivity index (χ4v) is 2.53. The van der Waals surface area contributed by atoms with E-state index in [4.69, 9.17) is 5.73 Å². The number of anilines is 1. The molecule has 1 aromatic carbocycles. The second-order valence-electron chi connectivity index (χ2n) is 4.61. The van der Waals surface area contributed by atoms with Gasteiger partial charge in [0.25, 0.3) is 0 Å². The number of hydrogen-bond donors (Lipinski definition) is 2. The molecule has 2 unspecified atom stereocenters. The van der Waals surface area contributed by atoms with Gasteiger partial charge in [0.2, 0.25) is 0 Å². The fourth-order valence-electron chi connectivity index (χ4n) is 2.16. The SMILES string of the molecule is CCCC1CC1NCc1ccc(Br)cc1N. The zero-order valence-electron chi connectivity index (χ0n) is 9.67. The first-order valence-electron chi connectivity index (χ1n) is 5.98. The molecule has 0 radical (unpaired) electrons. The van der Waals surface area contributed by atoms with Crippen LogP contribution in [0, 0.1) is 5.92 Å². The Bertz CT molecular complexity index is 365. The average molecular weight is 283 g/mol. The van der Waals surface area contributed by atoms with Crippen molar-refractivity contribution in [1.82, 2.24) is 5.32 Å². The van der Waals surface area contributed by atoms with E-state index in [2.05, 4.69) is 34.2 Å². The lowest BCUT2D eigenvalue weighted by molar-refractivity contribution is 0.600. The van der Waals surface area contributed by atoms with Gasteiger partial charge in [-0.25, -0.2) is 0 Å². The van der Waals surface area contributed by atoms with Gasteiger partial charge in [-0.3, -0.25) is 0 Å². The first-order chi connectivity index (χ1) is 7.70. The van der Waals surface area contributed by atoms with Gasteiger partial charge in [-0.05, 0) is 36.5 Å². The summed E-state index contributed by atoms with van der Waals surface area (Å²) in [5, 5.41) is 3.57. The number of nitrogens with two attached hydrogens (primary N) is 1. The van der Waals surface area contributed by atoms with Gasteiger partial charge in [0, 0.05) is 22.7 Å². The first-order valence-corrected chi connectivity index (χ1v) is 6.77. The molecule has 1 aliphatic rings. The van der Waals surface area contributed by atoms with Crippen LogP contribution in [-0.4, -0.2) is 6.04 Å². The summed E-state index contributed by atoms with van der Waals surface area (Å²) in [6.07, 6.45) is 3.99. The summed E-state index contributed by atoms with van der Waals surface area (Å²) >= 11 is 3.42. The zero-order valence-corrected chi connectivity index (χ0v) is 11.3. The maximum absolute atomic E-state index is 5.95. The van der Waals surface area contributed by atoms with Crippen LogP contribution in [0.1, 0.15) is 31.7 Å². The van der Waals surface area contributed by atoms with Crippen molar-refractivity contribution >= 4 is 21.6 Å². The highest BCUT2D eigenvalue weighted by atomic mass is 79.9. The minimum atomic E-state index is 0.725. The third kappa shape index (κ3) is 2.98. The molecule has 0 bridgehead atoms. The summed E-state index contributed by atoms with van der Waals surface area (Å²) in [5.41, 5.74) is 8.02. The first kappa shape index (κ1) is 11.9. The molecule has 0 amide bonds. The predicted molar refractivity (Wildman–Crippen MR) is 72.2 cm³/mol. The fraction of sp³-hybridized carbons (Fsp3) is 0.538. The van der Waals surface area contributed by atoms with Crippen molar-refractivity contribution in [3.05, 3.63) is 28.2 Å². The number of rotatable bonds is 5. The van der Waals surface area contributed by atoms with Crippen LogP contribution in [0.5, 0.6) is 0 Å². The highest BCUT2D eigenvalue weighted by Crippen LogP contribution is 2.34. The van der Waals surface area contributed by atoms with Crippen molar-refractivity contribution in [3.8, 4) is 0 Å². The van der Waals surface area contributed by atoms with Gasteiger partial charge in [0.15, 0.2) is 0 Å². The Hall–Kier alpha value is -0.540. The summed E-state index contributed by atoms with van der Waals surface area (Å²) in [4.78, 5) is 0. The van der Waals surface area contributed by atoms with Gasteiger partial charge in [0.05, 0.1) is 0 Å². The lowest BCUT2D eigenvalue weighted by atomic mass is 10.2. The molecule has 3 heteroatoms. The molecule has 2 nitrogen and oxygen atoms in total. The number of nitrogen functional groups attached to an aromatic ring is 1. The predicted octanol–water partition coefficient (Wildman–Crippen LogP) is 3.31. The largest absolute Gasteiger partial charge is 0.398 e. The van der Waals surface area contributed by atoms with Crippen LogP contribution in [0.25, 0.3) is 0 Å². The monoisotopic (exact) mass is 282 g/mol.